The van der Waals surface area contributed by atoms with Gasteiger partial charge in [0.15, 0.2) is 0 Å². The van der Waals surface area contributed by atoms with Crippen molar-refractivity contribution in [1.29, 1.82) is 0 Å². The lowest BCUT2D eigenvalue weighted by Gasteiger charge is -2.06. The van der Waals surface area contributed by atoms with Crippen molar-refractivity contribution in [2.24, 2.45) is 0 Å². The van der Waals surface area contributed by atoms with Crippen molar-refractivity contribution < 1.29 is 12.8 Å². The topological polar surface area (TPSA) is 85.1 Å². The van der Waals surface area contributed by atoms with Crippen LogP contribution >= 0.6 is 31.9 Å². The molecule has 0 aliphatic heterocycles. The molecule has 96 valence electrons. The molecule has 0 atom stereocenters. The van der Waals surface area contributed by atoms with E-state index in [0.717, 1.165) is 4.47 Å². The van der Waals surface area contributed by atoms with Crippen LogP contribution in [0.5, 0.6) is 0 Å². The molecule has 9 heteroatoms. The number of nitrogens with zero attached hydrogens (tertiary/aromatic N) is 2. The first-order chi connectivity index (χ1) is 8.38. The molecule has 0 bridgehead atoms. The van der Waals surface area contributed by atoms with Crippen LogP contribution in [-0.2, 0) is 10.0 Å². The number of benzene rings is 1. The molecule has 1 heterocycles. The Labute approximate surface area is 120 Å². The number of halogens is 2. The molecule has 2 aromatic rings. The summed E-state index contributed by atoms with van der Waals surface area (Å²) in [6, 6.07) is 4.55. The van der Waals surface area contributed by atoms with E-state index in [9.17, 15) is 8.42 Å². The van der Waals surface area contributed by atoms with Crippen LogP contribution in [-0.4, -0.2) is 18.6 Å². The Kier molecular flexibility index (Phi) is 3.74. The van der Waals surface area contributed by atoms with E-state index in [0.29, 0.717) is 4.47 Å². The zero-order valence-corrected chi connectivity index (χ0v) is 13.0. The van der Waals surface area contributed by atoms with Crippen LogP contribution in [0.2, 0.25) is 0 Å². The lowest BCUT2D eigenvalue weighted by atomic mass is 10.4. The fraction of sp³-hybridized carbons (Fsp3) is 0.111. The Morgan fingerprint density at radius 2 is 2.00 bits per heavy atom. The van der Waals surface area contributed by atoms with Crippen LogP contribution in [0.1, 0.15) is 5.89 Å². The van der Waals surface area contributed by atoms with E-state index in [-0.39, 0.29) is 16.8 Å². The zero-order valence-electron chi connectivity index (χ0n) is 9.02. The summed E-state index contributed by atoms with van der Waals surface area (Å²) < 4.78 is 32.5. The molecule has 0 saturated carbocycles. The molecule has 1 aromatic carbocycles. The highest BCUT2D eigenvalue weighted by Gasteiger charge is 2.20. The van der Waals surface area contributed by atoms with Gasteiger partial charge in [-0.25, -0.2) is 13.1 Å². The molecule has 0 saturated heterocycles. The molecular weight excluding hydrogens is 390 g/mol. The third kappa shape index (κ3) is 2.90. The molecular formula is C9H7Br2N3O3S. The molecule has 2 rings (SSSR count). The van der Waals surface area contributed by atoms with Gasteiger partial charge in [-0.1, -0.05) is 21.0 Å². The van der Waals surface area contributed by atoms with Crippen molar-refractivity contribution in [2.45, 2.75) is 11.8 Å². The second kappa shape index (κ2) is 4.98. The Morgan fingerprint density at radius 3 is 2.56 bits per heavy atom. The number of anilines is 1. The van der Waals surface area contributed by atoms with Gasteiger partial charge < -0.3 is 4.42 Å². The van der Waals surface area contributed by atoms with Crippen molar-refractivity contribution >= 4 is 47.9 Å². The van der Waals surface area contributed by atoms with Crippen molar-refractivity contribution in [3.63, 3.8) is 0 Å². The smallest absolute Gasteiger partial charge is 0.329 e. The Hall–Kier alpha value is -0.930. The standard InChI is InChI=1S/C9H7Br2N3O3S/c1-5-12-13-9(17-5)14-18(15,16)8-3-2-6(10)4-7(8)11/h2-4H,1H3,(H,13,14). The van der Waals surface area contributed by atoms with E-state index in [4.69, 9.17) is 4.42 Å². The first kappa shape index (κ1) is 13.5. The average Bonchev–Trinajstić information content (AvgIpc) is 2.62. The van der Waals surface area contributed by atoms with E-state index in [2.05, 4.69) is 46.8 Å². The van der Waals surface area contributed by atoms with Crippen LogP contribution in [0, 0.1) is 6.92 Å². The molecule has 0 radical (unpaired) electrons. The summed E-state index contributed by atoms with van der Waals surface area (Å²) in [5.74, 6) is 0.280. The highest BCUT2D eigenvalue weighted by atomic mass is 79.9. The van der Waals surface area contributed by atoms with Gasteiger partial charge in [0.25, 0.3) is 10.0 Å². The molecule has 0 aliphatic rings. The van der Waals surface area contributed by atoms with Crippen molar-refractivity contribution in [3.8, 4) is 0 Å². The van der Waals surface area contributed by atoms with Crippen LogP contribution < -0.4 is 4.72 Å². The minimum Gasteiger partial charge on any atom is -0.408 e. The summed E-state index contributed by atoms with van der Waals surface area (Å²) in [4.78, 5) is 0.0848. The Morgan fingerprint density at radius 1 is 1.28 bits per heavy atom. The van der Waals surface area contributed by atoms with Gasteiger partial charge in [0.05, 0.1) is 0 Å². The van der Waals surface area contributed by atoms with E-state index >= 15 is 0 Å². The summed E-state index contributed by atoms with van der Waals surface area (Å²) in [6.07, 6.45) is 0. The average molecular weight is 397 g/mol. The van der Waals surface area contributed by atoms with Crippen molar-refractivity contribution in [3.05, 3.63) is 33.0 Å². The predicted molar refractivity (Wildman–Crippen MR) is 71.7 cm³/mol. The number of rotatable bonds is 3. The summed E-state index contributed by atoms with van der Waals surface area (Å²) in [7, 11) is -3.76. The molecule has 0 unspecified atom stereocenters. The minimum absolute atomic E-state index is 0.0848. The molecule has 1 N–H and O–H groups in total. The highest BCUT2D eigenvalue weighted by Crippen LogP contribution is 2.26. The largest absolute Gasteiger partial charge is 0.408 e. The fourth-order valence-corrected chi connectivity index (χ4v) is 3.87. The van der Waals surface area contributed by atoms with E-state index in [1.165, 1.54) is 6.07 Å². The third-order valence-corrected chi connectivity index (χ3v) is 4.72. The highest BCUT2D eigenvalue weighted by molar-refractivity contribution is 9.11. The number of aryl methyl sites for hydroxylation is 1. The normalized spacial score (nSPS) is 11.5. The van der Waals surface area contributed by atoms with E-state index in [1.54, 1.807) is 19.1 Å². The molecule has 0 amide bonds. The van der Waals surface area contributed by atoms with E-state index in [1.807, 2.05) is 0 Å². The van der Waals surface area contributed by atoms with E-state index < -0.39 is 10.0 Å². The van der Waals surface area contributed by atoms with Crippen molar-refractivity contribution in [1.82, 2.24) is 10.2 Å². The number of hydrogen-bond acceptors (Lipinski definition) is 5. The van der Waals surface area contributed by atoms with Gasteiger partial charge in [0.1, 0.15) is 4.90 Å². The maximum absolute atomic E-state index is 12.1. The van der Waals surface area contributed by atoms with Gasteiger partial charge in [-0.15, -0.1) is 5.10 Å². The van der Waals surface area contributed by atoms with Gasteiger partial charge in [-0.2, -0.15) is 0 Å². The second-order valence-corrected chi connectivity index (χ2v) is 6.73. The molecule has 6 nitrogen and oxygen atoms in total. The van der Waals surface area contributed by atoms with Gasteiger partial charge in [-0.3, -0.25) is 0 Å². The summed E-state index contributed by atoms with van der Waals surface area (Å²) in [5.41, 5.74) is 0. The molecule has 0 spiro atoms. The summed E-state index contributed by atoms with van der Waals surface area (Å²) in [5, 5.41) is 7.11. The second-order valence-electron chi connectivity index (χ2n) is 3.31. The lowest BCUT2D eigenvalue weighted by Crippen LogP contribution is -2.13. The number of nitrogens with one attached hydrogen (secondary N) is 1. The first-order valence-corrected chi connectivity index (χ1v) is 7.73. The lowest BCUT2D eigenvalue weighted by molar-refractivity contribution is 0.534. The molecule has 0 fully saturated rings. The van der Waals surface area contributed by atoms with Crippen LogP contribution in [0.15, 0.2) is 36.5 Å². The van der Waals surface area contributed by atoms with Gasteiger partial charge in [0.2, 0.25) is 5.89 Å². The number of sulfonamides is 1. The maximum Gasteiger partial charge on any atom is 0.329 e. The SMILES string of the molecule is Cc1nnc(NS(=O)(=O)c2ccc(Br)cc2Br)o1. The van der Waals surface area contributed by atoms with Crippen molar-refractivity contribution in [2.75, 3.05) is 4.72 Å². The third-order valence-electron chi connectivity index (χ3n) is 1.93. The predicted octanol–water partition coefficient (Wildman–Crippen LogP) is 2.70. The Balaban J connectivity index is 2.36. The summed E-state index contributed by atoms with van der Waals surface area (Å²) >= 11 is 6.43. The van der Waals surface area contributed by atoms with Crippen LogP contribution in [0.4, 0.5) is 6.01 Å². The van der Waals surface area contributed by atoms with Gasteiger partial charge in [-0.05, 0) is 34.1 Å². The molecule has 0 aliphatic carbocycles. The quantitative estimate of drug-likeness (QED) is 0.861. The van der Waals surface area contributed by atoms with Gasteiger partial charge in [0, 0.05) is 15.9 Å². The molecule has 1 aromatic heterocycles. The summed E-state index contributed by atoms with van der Waals surface area (Å²) in [6.45, 7) is 1.57. The zero-order chi connectivity index (χ0) is 13.3. The van der Waals surface area contributed by atoms with Gasteiger partial charge >= 0.3 is 6.01 Å². The Bertz CT molecular complexity index is 684. The van der Waals surface area contributed by atoms with Crippen LogP contribution in [0.3, 0.4) is 0 Å². The molecule has 18 heavy (non-hydrogen) atoms. The number of hydrogen-bond donors (Lipinski definition) is 1. The number of aromatic nitrogens is 2. The minimum atomic E-state index is -3.76. The van der Waals surface area contributed by atoms with Crippen LogP contribution in [0.25, 0.3) is 0 Å². The maximum atomic E-state index is 12.1. The first-order valence-electron chi connectivity index (χ1n) is 4.66. The monoisotopic (exact) mass is 395 g/mol. The fourth-order valence-electron chi connectivity index (χ4n) is 1.20.